The number of hydrogen-bond donors (Lipinski definition) is 1. The highest BCUT2D eigenvalue weighted by Crippen LogP contribution is 2.46. The fraction of sp³-hybridized carbons (Fsp3) is 0.121. The summed E-state index contributed by atoms with van der Waals surface area (Å²) < 4.78 is 0. The Labute approximate surface area is 207 Å². The number of nitrogens with one attached hydrogen (secondary N) is 1. The van der Waals surface area contributed by atoms with E-state index >= 15 is 0 Å². The van der Waals surface area contributed by atoms with Crippen molar-refractivity contribution in [3.63, 3.8) is 0 Å². The van der Waals surface area contributed by atoms with Crippen LogP contribution in [0.4, 0.5) is 0 Å². The quantitative estimate of drug-likeness (QED) is 0.233. The molecule has 2 heteroatoms. The van der Waals surface area contributed by atoms with Crippen molar-refractivity contribution in [2.24, 2.45) is 0 Å². The molecule has 1 heterocycles. The summed E-state index contributed by atoms with van der Waals surface area (Å²) in [5.41, 5.74) is 9.41. The van der Waals surface area contributed by atoms with Crippen LogP contribution in [0.5, 0.6) is 0 Å². The van der Waals surface area contributed by atoms with Crippen LogP contribution >= 0.6 is 0 Å². The molecule has 4 aromatic carbocycles. The molecule has 2 nitrogen and oxygen atoms in total. The van der Waals surface area contributed by atoms with Gasteiger partial charge in [0.2, 0.25) is 0 Å². The molecule has 0 bridgehead atoms. The van der Waals surface area contributed by atoms with E-state index in [0.717, 1.165) is 63.2 Å². The number of hydrogen-bond acceptors (Lipinski definition) is 1. The van der Waals surface area contributed by atoms with Crippen LogP contribution in [0.3, 0.4) is 0 Å². The summed E-state index contributed by atoms with van der Waals surface area (Å²) in [7, 11) is 0. The highest BCUT2D eigenvalue weighted by atomic mass is 16.1. The molecular formula is C33H29NO. The van der Waals surface area contributed by atoms with Gasteiger partial charge in [0.15, 0.2) is 5.78 Å². The lowest BCUT2D eigenvalue weighted by molar-refractivity contribution is 0.0980. The molecule has 35 heavy (non-hydrogen) atoms. The molecule has 1 N–H and O–H groups in total. The number of unbranched alkanes of at least 4 members (excludes halogenated alkanes) is 1. The maximum absolute atomic E-state index is 13.3. The zero-order valence-electron chi connectivity index (χ0n) is 20.0. The van der Waals surface area contributed by atoms with E-state index in [1.54, 1.807) is 0 Å². The monoisotopic (exact) mass is 455 g/mol. The fourth-order valence-electron chi connectivity index (χ4n) is 4.73. The molecule has 0 fully saturated rings. The third-order valence-electron chi connectivity index (χ3n) is 6.44. The van der Waals surface area contributed by atoms with Crippen LogP contribution in [-0.2, 0) is 0 Å². The number of carbonyl (C=O) groups excluding carboxylic acids is 1. The maximum Gasteiger partial charge on any atom is 0.163 e. The Kier molecular flexibility index (Phi) is 6.72. The van der Waals surface area contributed by atoms with Crippen LogP contribution in [0, 0.1) is 0 Å². The number of ketones is 1. The molecule has 0 aliphatic carbocycles. The van der Waals surface area contributed by atoms with E-state index in [0.29, 0.717) is 6.42 Å². The average Bonchev–Trinajstić information content (AvgIpc) is 3.34. The second-order valence-electron chi connectivity index (χ2n) is 8.80. The molecule has 5 rings (SSSR count). The van der Waals surface area contributed by atoms with E-state index in [-0.39, 0.29) is 5.78 Å². The summed E-state index contributed by atoms with van der Waals surface area (Å²) in [4.78, 5) is 17.0. The topological polar surface area (TPSA) is 32.9 Å². The molecule has 0 unspecified atom stereocenters. The first kappa shape index (κ1) is 22.6. The van der Waals surface area contributed by atoms with Gasteiger partial charge in [0.25, 0.3) is 0 Å². The van der Waals surface area contributed by atoms with E-state index in [1.807, 2.05) is 36.4 Å². The van der Waals surface area contributed by atoms with Gasteiger partial charge in [0.05, 0.1) is 11.4 Å². The van der Waals surface area contributed by atoms with Crippen molar-refractivity contribution in [1.82, 2.24) is 4.98 Å². The molecule has 5 aromatic rings. The van der Waals surface area contributed by atoms with Crippen LogP contribution in [0.15, 0.2) is 115 Å². The van der Waals surface area contributed by atoms with E-state index in [4.69, 9.17) is 0 Å². The van der Waals surface area contributed by atoms with Gasteiger partial charge in [-0.05, 0) is 23.1 Å². The summed E-state index contributed by atoms with van der Waals surface area (Å²) in [6.07, 6.45) is 2.46. The molecule has 0 spiro atoms. The predicted octanol–water partition coefficient (Wildman–Crippen LogP) is 9.06. The van der Waals surface area contributed by atoms with Crippen LogP contribution in [0.1, 0.15) is 36.5 Å². The van der Waals surface area contributed by atoms with E-state index in [1.165, 1.54) is 0 Å². The van der Waals surface area contributed by atoms with Crippen molar-refractivity contribution in [3.05, 3.63) is 121 Å². The third-order valence-corrected chi connectivity index (χ3v) is 6.44. The Hall–Kier alpha value is -4.17. The summed E-state index contributed by atoms with van der Waals surface area (Å²) in [5, 5.41) is 0. The first-order chi connectivity index (χ1) is 17.3. The molecule has 1 aromatic heterocycles. The highest BCUT2D eigenvalue weighted by Gasteiger charge is 2.24. The number of benzene rings is 4. The lowest BCUT2D eigenvalue weighted by Crippen LogP contribution is -2.02. The second kappa shape index (κ2) is 10.4. The van der Waals surface area contributed by atoms with Crippen LogP contribution in [0.2, 0.25) is 0 Å². The number of rotatable bonds is 8. The Bertz CT molecular complexity index is 1420. The molecule has 0 saturated heterocycles. The predicted molar refractivity (Wildman–Crippen MR) is 146 cm³/mol. The maximum atomic E-state index is 13.3. The minimum Gasteiger partial charge on any atom is -0.353 e. The minimum atomic E-state index is 0.193. The molecule has 0 atom stereocenters. The van der Waals surface area contributed by atoms with Gasteiger partial charge in [-0.15, -0.1) is 0 Å². The van der Waals surface area contributed by atoms with Gasteiger partial charge in [-0.3, -0.25) is 4.79 Å². The van der Waals surface area contributed by atoms with Crippen molar-refractivity contribution >= 4 is 5.78 Å². The van der Waals surface area contributed by atoms with Crippen LogP contribution < -0.4 is 0 Å². The Morgan fingerprint density at radius 3 is 1.66 bits per heavy atom. The zero-order valence-corrected chi connectivity index (χ0v) is 20.0. The molecule has 0 amide bonds. The van der Waals surface area contributed by atoms with Crippen LogP contribution in [-0.4, -0.2) is 10.8 Å². The molecule has 0 radical (unpaired) electrons. The number of Topliss-reactive ketones (excluding diaryl/α,β-unsaturated/α-hetero) is 1. The third kappa shape index (κ3) is 4.61. The normalized spacial score (nSPS) is 10.9. The first-order valence-electron chi connectivity index (χ1n) is 12.3. The zero-order chi connectivity index (χ0) is 24.0. The van der Waals surface area contributed by atoms with Gasteiger partial charge in [-0.25, -0.2) is 0 Å². The van der Waals surface area contributed by atoms with Gasteiger partial charge >= 0.3 is 0 Å². The van der Waals surface area contributed by atoms with Crippen LogP contribution in [0.25, 0.3) is 44.8 Å². The largest absolute Gasteiger partial charge is 0.353 e. The van der Waals surface area contributed by atoms with Crippen molar-refractivity contribution in [2.45, 2.75) is 26.2 Å². The second-order valence-corrected chi connectivity index (χ2v) is 8.80. The van der Waals surface area contributed by atoms with Crippen molar-refractivity contribution in [2.75, 3.05) is 0 Å². The fourth-order valence-corrected chi connectivity index (χ4v) is 4.73. The molecule has 0 aliphatic heterocycles. The van der Waals surface area contributed by atoms with Gasteiger partial charge < -0.3 is 4.98 Å². The van der Waals surface area contributed by atoms with Gasteiger partial charge in [-0.1, -0.05) is 129 Å². The molecule has 0 aliphatic rings. The highest BCUT2D eigenvalue weighted by molar-refractivity contribution is 6.07. The molecule has 172 valence electrons. The molecule has 0 saturated carbocycles. The van der Waals surface area contributed by atoms with Crippen molar-refractivity contribution in [1.29, 1.82) is 0 Å². The number of carbonyl (C=O) groups is 1. The lowest BCUT2D eigenvalue weighted by atomic mass is 9.89. The Balaban J connectivity index is 1.84. The number of aromatic nitrogens is 1. The van der Waals surface area contributed by atoms with Gasteiger partial charge in [-0.2, -0.15) is 0 Å². The van der Waals surface area contributed by atoms with Crippen molar-refractivity contribution < 1.29 is 4.79 Å². The van der Waals surface area contributed by atoms with Crippen molar-refractivity contribution in [3.8, 4) is 44.8 Å². The van der Waals surface area contributed by atoms with E-state index < -0.39 is 0 Å². The Morgan fingerprint density at radius 1 is 0.600 bits per heavy atom. The smallest absolute Gasteiger partial charge is 0.163 e. The molecular weight excluding hydrogens is 426 g/mol. The minimum absolute atomic E-state index is 0.193. The summed E-state index contributed by atoms with van der Waals surface area (Å²) in [5.74, 6) is 0.193. The van der Waals surface area contributed by atoms with E-state index in [2.05, 4.69) is 90.8 Å². The van der Waals surface area contributed by atoms with E-state index in [9.17, 15) is 4.79 Å². The number of aromatic amines is 1. The summed E-state index contributed by atoms with van der Waals surface area (Å²) in [6.45, 7) is 2.12. The Morgan fingerprint density at radius 2 is 1.09 bits per heavy atom. The lowest BCUT2D eigenvalue weighted by Gasteiger charge is -2.12. The van der Waals surface area contributed by atoms with Gasteiger partial charge in [0, 0.05) is 28.7 Å². The first-order valence-corrected chi connectivity index (χ1v) is 12.3. The SMILES string of the molecule is CCCCC(=O)c1ccccc1-c1[nH]c(-c2ccccc2)c(-c2ccccc2)c1-c1ccccc1. The average molecular weight is 456 g/mol. The summed E-state index contributed by atoms with van der Waals surface area (Å²) >= 11 is 0. The van der Waals surface area contributed by atoms with Gasteiger partial charge in [0.1, 0.15) is 0 Å². The number of H-pyrrole nitrogens is 1. The standard InChI is InChI=1S/C33H29NO/c1-2-3-23-29(35)27-21-13-14-22-28(27)33-31(25-17-9-5-10-18-25)30(24-15-7-4-8-16-24)32(34-33)26-19-11-6-12-20-26/h4-22,34H,2-3,23H2,1H3. The summed E-state index contributed by atoms with van der Waals surface area (Å²) in [6, 6.07) is 39.4.